The van der Waals surface area contributed by atoms with Gasteiger partial charge in [-0.2, -0.15) is 0 Å². The maximum Gasteiger partial charge on any atom is 0.167 e. The molecule has 3 aliphatic rings. The number of nitrogen functional groups attached to an aromatic ring is 1. The second kappa shape index (κ2) is 10.5. The number of nitrogens with two attached hydrogens (primary N) is 2. The lowest BCUT2D eigenvalue weighted by molar-refractivity contribution is -0.0620. The third-order valence-electron chi connectivity index (χ3n) is 9.91. The van der Waals surface area contributed by atoms with Crippen molar-refractivity contribution in [1.29, 1.82) is 0 Å². The summed E-state index contributed by atoms with van der Waals surface area (Å²) in [5.74, 6) is 1.94. The van der Waals surface area contributed by atoms with Crippen LogP contribution in [0.4, 0.5) is 5.82 Å². The first-order chi connectivity index (χ1) is 20.3. The molecule has 4 atom stereocenters. The highest BCUT2D eigenvalue weighted by Crippen LogP contribution is 2.47. The Labute approximate surface area is 244 Å². The Morgan fingerprint density at radius 2 is 1.98 bits per heavy atom. The number of imidazole rings is 2. The lowest BCUT2D eigenvalue weighted by Gasteiger charge is -2.46. The molecule has 4 aromatic rings. The van der Waals surface area contributed by atoms with E-state index in [1.54, 1.807) is 4.57 Å². The quantitative estimate of drug-likeness (QED) is 0.188. The predicted molar refractivity (Wildman–Crippen MR) is 158 cm³/mol. The van der Waals surface area contributed by atoms with Gasteiger partial charge in [-0.1, -0.05) is 6.07 Å². The van der Waals surface area contributed by atoms with Crippen LogP contribution in [0.5, 0.6) is 0 Å². The number of H-pyrrole nitrogens is 1. The molecule has 2 saturated carbocycles. The summed E-state index contributed by atoms with van der Waals surface area (Å²) in [7, 11) is 0. The summed E-state index contributed by atoms with van der Waals surface area (Å²) >= 11 is 0. The van der Waals surface area contributed by atoms with Gasteiger partial charge >= 0.3 is 0 Å². The standard InChI is InChI=1S/C30H41N9O3/c1-16(2)38(12-22-25(40)26(41)29(42-22)39-15-35-24-27(32)33-14-34-28(24)39)19-9-17(10-19)3-6-23-36-20-5-4-18(11-21(20)37-23)30(13-31)7-8-30/h4-5,11,14-17,19,22,25-26,29,40-41H,3,6-10,12-13,31H2,1-2H3,(H,36,37)(H2,32,33,34)/t17?,19?,22-,25-,26-,29-/m1/s1. The summed E-state index contributed by atoms with van der Waals surface area (Å²) in [5.41, 5.74) is 16.5. The van der Waals surface area contributed by atoms with E-state index in [9.17, 15) is 10.2 Å². The van der Waals surface area contributed by atoms with Crippen LogP contribution >= 0.6 is 0 Å². The van der Waals surface area contributed by atoms with Gasteiger partial charge in [0.25, 0.3) is 0 Å². The van der Waals surface area contributed by atoms with E-state index in [1.165, 1.54) is 31.1 Å². The van der Waals surface area contributed by atoms with Crippen molar-refractivity contribution in [2.24, 2.45) is 11.7 Å². The Morgan fingerprint density at radius 1 is 1.17 bits per heavy atom. The van der Waals surface area contributed by atoms with E-state index in [2.05, 4.69) is 56.9 Å². The Bertz CT molecular complexity index is 1570. The van der Waals surface area contributed by atoms with Crippen LogP contribution in [-0.2, 0) is 16.6 Å². The van der Waals surface area contributed by atoms with Crippen LogP contribution < -0.4 is 11.5 Å². The maximum absolute atomic E-state index is 10.9. The summed E-state index contributed by atoms with van der Waals surface area (Å²) < 4.78 is 7.87. The number of nitrogens with one attached hydrogen (secondary N) is 1. The van der Waals surface area contributed by atoms with Crippen molar-refractivity contribution in [3.63, 3.8) is 0 Å². The summed E-state index contributed by atoms with van der Waals surface area (Å²) in [4.78, 5) is 23.3. The van der Waals surface area contributed by atoms with Crippen molar-refractivity contribution in [3.05, 3.63) is 42.2 Å². The fraction of sp³-hybridized carbons (Fsp3) is 0.600. The average Bonchev–Trinajstić information content (AvgIpc) is 3.33. The molecule has 12 nitrogen and oxygen atoms in total. The topological polar surface area (TPSA) is 177 Å². The minimum absolute atomic E-state index is 0.179. The van der Waals surface area contributed by atoms with Crippen LogP contribution in [0.1, 0.15) is 63.6 Å². The molecule has 2 aliphatic carbocycles. The third-order valence-corrected chi connectivity index (χ3v) is 9.91. The number of hydrogen-bond donors (Lipinski definition) is 5. The molecular weight excluding hydrogens is 534 g/mol. The van der Waals surface area contributed by atoms with E-state index >= 15 is 0 Å². The number of anilines is 1. The number of ether oxygens (including phenoxy) is 1. The fourth-order valence-electron chi connectivity index (χ4n) is 6.98. The van der Waals surface area contributed by atoms with Crippen molar-refractivity contribution in [2.45, 2.75) is 94.4 Å². The van der Waals surface area contributed by atoms with Crippen LogP contribution in [0.3, 0.4) is 0 Å². The van der Waals surface area contributed by atoms with Gasteiger partial charge in [0.2, 0.25) is 0 Å². The molecule has 4 heterocycles. The number of aliphatic hydroxyl groups is 2. The highest BCUT2D eigenvalue weighted by Gasteiger charge is 2.47. The number of benzene rings is 1. The molecule has 1 saturated heterocycles. The van der Waals surface area contributed by atoms with Crippen molar-refractivity contribution in [1.82, 2.24) is 34.4 Å². The zero-order valence-corrected chi connectivity index (χ0v) is 24.2. The number of nitrogens with zero attached hydrogens (tertiary/aromatic N) is 6. The van der Waals surface area contributed by atoms with E-state index in [-0.39, 0.29) is 17.3 Å². The summed E-state index contributed by atoms with van der Waals surface area (Å²) in [6.45, 7) is 5.58. The molecule has 12 heteroatoms. The van der Waals surface area contributed by atoms with Gasteiger partial charge in [-0.3, -0.25) is 9.47 Å². The van der Waals surface area contributed by atoms with Crippen molar-refractivity contribution < 1.29 is 14.9 Å². The molecule has 0 radical (unpaired) electrons. The molecule has 1 aromatic carbocycles. The Balaban J connectivity index is 0.955. The highest BCUT2D eigenvalue weighted by atomic mass is 16.6. The zero-order valence-electron chi connectivity index (χ0n) is 24.2. The van der Waals surface area contributed by atoms with Gasteiger partial charge in [-0.15, -0.1) is 0 Å². The van der Waals surface area contributed by atoms with Gasteiger partial charge < -0.3 is 31.4 Å². The molecule has 224 valence electrons. The average molecular weight is 576 g/mol. The molecule has 0 bridgehead atoms. The van der Waals surface area contributed by atoms with Crippen molar-refractivity contribution >= 4 is 28.0 Å². The van der Waals surface area contributed by atoms with E-state index < -0.39 is 24.5 Å². The molecule has 7 rings (SSSR count). The number of aliphatic hydroxyl groups excluding tert-OH is 2. The van der Waals surface area contributed by atoms with Gasteiger partial charge in [-0.25, -0.2) is 19.9 Å². The molecule has 0 spiro atoms. The summed E-state index contributed by atoms with van der Waals surface area (Å²) in [6, 6.07) is 7.24. The smallest absolute Gasteiger partial charge is 0.167 e. The van der Waals surface area contributed by atoms with Gasteiger partial charge in [0.1, 0.15) is 36.0 Å². The Hall–Kier alpha value is -3.16. The molecule has 3 fully saturated rings. The molecule has 0 amide bonds. The monoisotopic (exact) mass is 575 g/mol. The first kappa shape index (κ1) is 27.7. The molecule has 42 heavy (non-hydrogen) atoms. The first-order valence-corrected chi connectivity index (χ1v) is 15.2. The van der Waals surface area contributed by atoms with E-state index in [1.807, 2.05) is 0 Å². The van der Waals surface area contributed by atoms with Crippen molar-refractivity contribution in [2.75, 3.05) is 18.8 Å². The zero-order chi connectivity index (χ0) is 29.2. The minimum Gasteiger partial charge on any atom is -0.387 e. The third kappa shape index (κ3) is 4.75. The van der Waals surface area contributed by atoms with Crippen LogP contribution in [0.25, 0.3) is 22.2 Å². The van der Waals surface area contributed by atoms with E-state index in [4.69, 9.17) is 21.2 Å². The lowest BCUT2D eigenvalue weighted by atomic mass is 9.76. The van der Waals surface area contributed by atoms with Gasteiger partial charge in [-0.05, 0) is 69.6 Å². The number of hydrogen-bond acceptors (Lipinski definition) is 10. The normalized spacial score (nSPS) is 28.7. The molecule has 3 aromatic heterocycles. The number of aromatic nitrogens is 6. The Kier molecular flexibility index (Phi) is 6.93. The van der Waals surface area contributed by atoms with Crippen LogP contribution in [0.15, 0.2) is 30.9 Å². The second-order valence-electron chi connectivity index (χ2n) is 12.8. The molecule has 0 unspecified atom stereocenters. The number of aryl methyl sites for hydroxylation is 1. The van der Waals surface area contributed by atoms with E-state index in [0.717, 1.165) is 42.5 Å². The van der Waals surface area contributed by atoms with Crippen molar-refractivity contribution in [3.8, 4) is 0 Å². The first-order valence-electron chi connectivity index (χ1n) is 15.2. The second-order valence-corrected chi connectivity index (χ2v) is 12.8. The van der Waals surface area contributed by atoms with Crippen LogP contribution in [0, 0.1) is 5.92 Å². The lowest BCUT2D eigenvalue weighted by Crippen LogP contribution is -2.52. The highest BCUT2D eigenvalue weighted by molar-refractivity contribution is 5.81. The largest absolute Gasteiger partial charge is 0.387 e. The number of rotatable bonds is 10. The summed E-state index contributed by atoms with van der Waals surface area (Å²) in [6.07, 6.45) is 5.94. The van der Waals surface area contributed by atoms with Gasteiger partial charge in [0.05, 0.1) is 17.4 Å². The van der Waals surface area contributed by atoms with E-state index in [0.29, 0.717) is 36.2 Å². The number of aromatic amines is 1. The maximum atomic E-state index is 10.9. The Morgan fingerprint density at radius 3 is 2.71 bits per heavy atom. The van der Waals surface area contributed by atoms with Gasteiger partial charge in [0.15, 0.2) is 17.7 Å². The fourth-order valence-corrected chi connectivity index (χ4v) is 6.98. The molecule has 7 N–H and O–H groups in total. The number of fused-ring (bicyclic) bond motifs is 2. The minimum atomic E-state index is -1.11. The van der Waals surface area contributed by atoms with Crippen LogP contribution in [-0.4, -0.2) is 88.1 Å². The van der Waals surface area contributed by atoms with Crippen LogP contribution in [0.2, 0.25) is 0 Å². The summed E-state index contributed by atoms with van der Waals surface area (Å²) in [5, 5.41) is 21.9. The predicted octanol–water partition coefficient (Wildman–Crippen LogP) is 2.02. The van der Waals surface area contributed by atoms with Gasteiger partial charge in [0, 0.05) is 37.0 Å². The SMILES string of the molecule is CC(C)N(C[C@H]1O[C@@H](n2cnc3c(N)ncnc32)[C@H](O)[C@@H]1O)C1CC(CCc2nc3ccc(C4(CN)CC4)cc3[nH]2)C1. The molecular formula is C30H41N9O3. The molecule has 1 aliphatic heterocycles.